The molecule has 3 rings (SSSR count). The van der Waals surface area contributed by atoms with E-state index in [1.807, 2.05) is 0 Å². The fraction of sp³-hybridized carbons (Fsp3) is 0.471. The van der Waals surface area contributed by atoms with Gasteiger partial charge in [-0.3, -0.25) is 14.2 Å². The largest absolute Gasteiger partial charge is 0.349 e. The molecule has 1 aromatic carbocycles. The summed E-state index contributed by atoms with van der Waals surface area (Å²) in [6.45, 7) is 2.06. The SMILES string of the molecule is CCn1c(=O)[nH]c2cc(C(=O)NC3CCCCC3)ccc2c1=O. The molecule has 1 saturated carbocycles. The lowest BCUT2D eigenvalue weighted by Gasteiger charge is -2.22. The molecule has 0 atom stereocenters. The average molecular weight is 315 g/mol. The maximum atomic E-state index is 12.4. The Kier molecular flexibility index (Phi) is 4.32. The van der Waals surface area contributed by atoms with E-state index in [1.165, 1.54) is 6.42 Å². The molecule has 122 valence electrons. The molecule has 1 heterocycles. The van der Waals surface area contributed by atoms with Gasteiger partial charge in [-0.25, -0.2) is 4.79 Å². The van der Waals surface area contributed by atoms with E-state index in [0.717, 1.165) is 30.3 Å². The van der Waals surface area contributed by atoms with Crippen molar-refractivity contribution in [3.8, 4) is 0 Å². The number of aromatic amines is 1. The van der Waals surface area contributed by atoms with Crippen LogP contribution in [0.5, 0.6) is 0 Å². The number of hydrogen-bond acceptors (Lipinski definition) is 3. The minimum atomic E-state index is -0.449. The Morgan fingerprint density at radius 2 is 2.00 bits per heavy atom. The van der Waals surface area contributed by atoms with Crippen molar-refractivity contribution in [1.29, 1.82) is 0 Å². The number of amides is 1. The summed E-state index contributed by atoms with van der Waals surface area (Å²) in [7, 11) is 0. The topological polar surface area (TPSA) is 84.0 Å². The zero-order valence-corrected chi connectivity index (χ0v) is 13.2. The van der Waals surface area contributed by atoms with Crippen LogP contribution in [0.1, 0.15) is 49.4 Å². The number of nitrogens with one attached hydrogen (secondary N) is 2. The van der Waals surface area contributed by atoms with Crippen molar-refractivity contribution in [2.75, 3.05) is 0 Å². The Morgan fingerprint density at radius 3 is 2.70 bits per heavy atom. The van der Waals surface area contributed by atoms with E-state index in [-0.39, 0.29) is 17.5 Å². The molecule has 0 spiro atoms. The Morgan fingerprint density at radius 1 is 1.26 bits per heavy atom. The minimum absolute atomic E-state index is 0.153. The first-order valence-corrected chi connectivity index (χ1v) is 8.18. The van der Waals surface area contributed by atoms with Crippen molar-refractivity contribution in [3.05, 3.63) is 44.6 Å². The molecule has 23 heavy (non-hydrogen) atoms. The first kappa shape index (κ1) is 15.5. The Labute approximate surface area is 133 Å². The minimum Gasteiger partial charge on any atom is -0.349 e. The van der Waals surface area contributed by atoms with Crippen LogP contribution >= 0.6 is 0 Å². The number of rotatable bonds is 3. The Hall–Kier alpha value is -2.37. The smallest absolute Gasteiger partial charge is 0.328 e. The lowest BCUT2D eigenvalue weighted by Crippen LogP contribution is -2.36. The van der Waals surface area contributed by atoms with Crippen LogP contribution < -0.4 is 16.6 Å². The number of carbonyl (C=O) groups excluding carboxylic acids is 1. The van der Waals surface area contributed by atoms with Gasteiger partial charge in [-0.15, -0.1) is 0 Å². The molecule has 2 N–H and O–H groups in total. The van der Waals surface area contributed by atoms with Crippen LogP contribution in [0.25, 0.3) is 10.9 Å². The Bertz CT molecular complexity index is 844. The number of fused-ring (bicyclic) bond motifs is 1. The molecule has 1 amide bonds. The molecule has 1 aliphatic carbocycles. The highest BCUT2D eigenvalue weighted by atomic mass is 16.2. The van der Waals surface area contributed by atoms with Crippen LogP contribution in [0, 0.1) is 0 Å². The fourth-order valence-electron chi connectivity index (χ4n) is 3.20. The molecule has 0 saturated heterocycles. The van der Waals surface area contributed by atoms with E-state index >= 15 is 0 Å². The van der Waals surface area contributed by atoms with E-state index in [0.29, 0.717) is 23.0 Å². The van der Waals surface area contributed by atoms with Crippen molar-refractivity contribution in [1.82, 2.24) is 14.9 Å². The van der Waals surface area contributed by atoms with Crippen molar-refractivity contribution in [2.24, 2.45) is 0 Å². The molecule has 0 aliphatic heterocycles. The predicted molar refractivity (Wildman–Crippen MR) is 88.8 cm³/mol. The van der Waals surface area contributed by atoms with Gasteiger partial charge in [-0.1, -0.05) is 19.3 Å². The van der Waals surface area contributed by atoms with Crippen LogP contribution in [0.3, 0.4) is 0 Å². The Balaban J connectivity index is 1.92. The highest BCUT2D eigenvalue weighted by Gasteiger charge is 2.17. The van der Waals surface area contributed by atoms with Crippen molar-refractivity contribution in [2.45, 2.75) is 51.6 Å². The third-order valence-electron chi connectivity index (χ3n) is 4.50. The maximum Gasteiger partial charge on any atom is 0.328 e. The first-order valence-electron chi connectivity index (χ1n) is 8.18. The van der Waals surface area contributed by atoms with Gasteiger partial charge in [0.25, 0.3) is 11.5 Å². The lowest BCUT2D eigenvalue weighted by atomic mass is 9.95. The summed E-state index contributed by atoms with van der Waals surface area (Å²) < 4.78 is 1.14. The van der Waals surface area contributed by atoms with Crippen LogP contribution in [0.4, 0.5) is 0 Å². The zero-order valence-electron chi connectivity index (χ0n) is 13.2. The molecule has 6 heteroatoms. The van der Waals surface area contributed by atoms with Crippen LogP contribution in [-0.2, 0) is 6.54 Å². The highest BCUT2D eigenvalue weighted by molar-refractivity contribution is 5.97. The van der Waals surface area contributed by atoms with Crippen LogP contribution in [0.15, 0.2) is 27.8 Å². The van der Waals surface area contributed by atoms with Crippen LogP contribution in [0.2, 0.25) is 0 Å². The molecular formula is C17H21N3O3. The summed E-state index contributed by atoms with van der Waals surface area (Å²) in [4.78, 5) is 39.2. The molecule has 0 radical (unpaired) electrons. The van der Waals surface area contributed by atoms with Crippen molar-refractivity contribution < 1.29 is 4.79 Å². The van der Waals surface area contributed by atoms with Gasteiger partial charge in [-0.2, -0.15) is 0 Å². The van der Waals surface area contributed by atoms with E-state index in [9.17, 15) is 14.4 Å². The van der Waals surface area contributed by atoms with Crippen LogP contribution in [-0.4, -0.2) is 21.5 Å². The second-order valence-corrected chi connectivity index (χ2v) is 6.05. The first-order chi connectivity index (χ1) is 11.1. The maximum absolute atomic E-state index is 12.4. The number of H-pyrrole nitrogens is 1. The van der Waals surface area contributed by atoms with Gasteiger partial charge in [0.05, 0.1) is 10.9 Å². The van der Waals surface area contributed by atoms with Gasteiger partial charge in [-0.05, 0) is 38.0 Å². The van der Waals surface area contributed by atoms with Gasteiger partial charge in [0.15, 0.2) is 0 Å². The van der Waals surface area contributed by atoms with Gasteiger partial charge < -0.3 is 10.3 Å². The third kappa shape index (κ3) is 3.06. The molecule has 2 aromatic rings. The number of hydrogen-bond donors (Lipinski definition) is 2. The molecule has 0 unspecified atom stereocenters. The van der Waals surface area contributed by atoms with Gasteiger partial charge in [0, 0.05) is 18.2 Å². The summed E-state index contributed by atoms with van der Waals surface area (Å²) in [5, 5.41) is 3.45. The second kappa shape index (κ2) is 6.40. The number of aromatic nitrogens is 2. The monoisotopic (exact) mass is 315 g/mol. The number of nitrogens with zero attached hydrogens (tertiary/aromatic N) is 1. The summed E-state index contributed by atoms with van der Waals surface area (Å²) in [6, 6.07) is 5.05. The molecular weight excluding hydrogens is 294 g/mol. The second-order valence-electron chi connectivity index (χ2n) is 6.05. The normalized spacial score (nSPS) is 15.7. The highest BCUT2D eigenvalue weighted by Crippen LogP contribution is 2.18. The molecule has 1 aliphatic rings. The summed E-state index contributed by atoms with van der Waals surface area (Å²) in [5.41, 5.74) is 0.0914. The van der Waals surface area contributed by atoms with E-state index in [1.54, 1.807) is 25.1 Å². The zero-order chi connectivity index (χ0) is 16.4. The van der Waals surface area contributed by atoms with E-state index in [2.05, 4.69) is 10.3 Å². The van der Waals surface area contributed by atoms with E-state index < -0.39 is 5.69 Å². The quantitative estimate of drug-likeness (QED) is 0.905. The standard InChI is InChI=1S/C17H21N3O3/c1-2-20-16(22)13-9-8-11(10-14(13)19-17(20)23)15(21)18-12-6-4-3-5-7-12/h8-10,12H,2-7H2,1H3,(H,18,21)(H,19,23). The third-order valence-corrected chi connectivity index (χ3v) is 4.50. The molecule has 1 fully saturated rings. The lowest BCUT2D eigenvalue weighted by molar-refractivity contribution is 0.0928. The van der Waals surface area contributed by atoms with Crippen molar-refractivity contribution >= 4 is 16.8 Å². The molecule has 6 nitrogen and oxygen atoms in total. The van der Waals surface area contributed by atoms with Crippen molar-refractivity contribution in [3.63, 3.8) is 0 Å². The van der Waals surface area contributed by atoms with Gasteiger partial charge in [0.1, 0.15) is 0 Å². The summed E-state index contributed by atoms with van der Waals surface area (Å²) >= 11 is 0. The average Bonchev–Trinajstić information content (AvgIpc) is 2.55. The summed E-state index contributed by atoms with van der Waals surface area (Å²) in [6.07, 6.45) is 5.54. The fourth-order valence-corrected chi connectivity index (χ4v) is 3.20. The number of carbonyl (C=O) groups is 1. The van der Waals surface area contributed by atoms with Gasteiger partial charge in [0.2, 0.25) is 0 Å². The predicted octanol–water partition coefficient (Wildman–Crippen LogP) is 1.77. The summed E-state index contributed by atoms with van der Waals surface area (Å²) in [5.74, 6) is -0.153. The molecule has 0 bridgehead atoms. The van der Waals surface area contributed by atoms with E-state index in [4.69, 9.17) is 0 Å². The van der Waals surface area contributed by atoms with Gasteiger partial charge >= 0.3 is 5.69 Å². The number of benzene rings is 1. The molecule has 1 aromatic heterocycles.